The van der Waals surface area contributed by atoms with Crippen LogP contribution in [0.5, 0.6) is 0 Å². The van der Waals surface area contributed by atoms with Crippen LogP contribution in [0.25, 0.3) is 0 Å². The summed E-state index contributed by atoms with van der Waals surface area (Å²) in [5.74, 6) is -0.00100. The summed E-state index contributed by atoms with van der Waals surface area (Å²) in [5.41, 5.74) is 1.63. The molecule has 2 aromatic rings. The first kappa shape index (κ1) is 20.4. The number of anilines is 2. The second-order valence-electron chi connectivity index (χ2n) is 5.25. The Hall–Kier alpha value is -1.90. The fraction of sp³-hybridized carbons (Fsp3) is 0.400. The molecule has 1 aromatic carbocycles. The highest BCUT2D eigenvalue weighted by atomic mass is 35.6. The monoisotopic (exact) mass is 417 g/mol. The lowest BCUT2D eigenvalue weighted by atomic mass is 10.2. The van der Waals surface area contributed by atoms with Crippen LogP contribution in [-0.4, -0.2) is 38.0 Å². The summed E-state index contributed by atoms with van der Waals surface area (Å²) in [4.78, 5) is 18.2. The molecule has 0 atom stereocenters. The Kier molecular flexibility index (Phi) is 6.80. The first-order valence-electron chi connectivity index (χ1n) is 7.82. The van der Waals surface area contributed by atoms with Crippen molar-refractivity contribution in [3.05, 3.63) is 24.0 Å². The Morgan fingerprint density at radius 2 is 1.96 bits per heavy atom. The second-order valence-corrected chi connectivity index (χ2v) is 7.53. The number of alkyl halides is 3. The Morgan fingerprint density at radius 3 is 2.50 bits per heavy atom. The van der Waals surface area contributed by atoms with E-state index in [1.165, 1.54) is 0 Å². The number of aryl methyl sites for hydroxylation is 1. The van der Waals surface area contributed by atoms with E-state index in [1.54, 1.807) is 19.1 Å². The summed E-state index contributed by atoms with van der Waals surface area (Å²) in [6.07, 6.45) is 0. The average Bonchev–Trinajstić information content (AvgIpc) is 2.99. The van der Waals surface area contributed by atoms with Crippen LogP contribution in [0.4, 0.5) is 23.0 Å². The van der Waals surface area contributed by atoms with Crippen molar-refractivity contribution in [1.29, 1.82) is 0 Å². The molecule has 0 unspecified atom stereocenters. The van der Waals surface area contributed by atoms with Crippen molar-refractivity contribution in [2.45, 2.75) is 24.6 Å². The second kappa shape index (κ2) is 8.66. The number of H-pyrrole nitrogens is 1. The van der Waals surface area contributed by atoms with Crippen molar-refractivity contribution in [1.82, 2.24) is 15.2 Å². The summed E-state index contributed by atoms with van der Waals surface area (Å²) in [6, 6.07) is 5.33. The number of benzene rings is 1. The van der Waals surface area contributed by atoms with Gasteiger partial charge in [-0.3, -0.25) is 9.89 Å². The van der Waals surface area contributed by atoms with Gasteiger partial charge < -0.3 is 10.2 Å². The predicted octanol–water partition coefficient (Wildman–Crippen LogP) is 4.68. The summed E-state index contributed by atoms with van der Waals surface area (Å²) in [5, 5.41) is 17.2. The van der Waals surface area contributed by atoms with E-state index >= 15 is 0 Å². The minimum atomic E-state index is -2.10. The first-order chi connectivity index (χ1) is 12.2. The Morgan fingerprint density at radius 1 is 1.27 bits per heavy atom. The molecule has 2 N–H and O–H groups in total. The molecule has 0 fully saturated rings. The molecule has 0 radical (unpaired) electrons. The lowest BCUT2D eigenvalue weighted by Crippen LogP contribution is -2.27. The van der Waals surface area contributed by atoms with Crippen molar-refractivity contribution in [3.63, 3.8) is 0 Å². The van der Waals surface area contributed by atoms with Crippen molar-refractivity contribution in [3.8, 4) is 0 Å². The van der Waals surface area contributed by atoms with Crippen LogP contribution in [0.1, 0.15) is 19.7 Å². The molecular formula is C15H18Cl3N7O. The van der Waals surface area contributed by atoms with E-state index in [1.807, 2.05) is 19.9 Å². The standard InChI is InChI=1S/C15H18Cl3N7O/c1-4-25(5-2)10-6-7-11(22-24-14-19-9(3)21-23-14)12(8-10)20-13(26)15(16,17)18/h6-8H,4-5H2,1-3H3,(H,20,26)(H,19,21,23). The molecule has 1 heterocycles. The number of hydrogen-bond acceptors (Lipinski definition) is 6. The summed E-state index contributed by atoms with van der Waals surface area (Å²) >= 11 is 16.9. The van der Waals surface area contributed by atoms with Crippen molar-refractivity contribution in [2.24, 2.45) is 10.2 Å². The van der Waals surface area contributed by atoms with Gasteiger partial charge in [-0.1, -0.05) is 34.8 Å². The number of halogens is 3. The molecule has 0 saturated heterocycles. The molecule has 140 valence electrons. The SMILES string of the molecule is CCN(CC)c1ccc(N=Nc2n[nH]c(C)n2)c(NC(=O)C(Cl)(Cl)Cl)c1. The van der Waals surface area contributed by atoms with E-state index < -0.39 is 9.70 Å². The predicted molar refractivity (Wildman–Crippen MR) is 104 cm³/mol. The molecule has 11 heteroatoms. The fourth-order valence-electron chi connectivity index (χ4n) is 2.16. The number of amides is 1. The molecule has 8 nitrogen and oxygen atoms in total. The number of carbonyl (C=O) groups is 1. The summed E-state index contributed by atoms with van der Waals surface area (Å²) in [6.45, 7) is 7.40. The number of nitrogens with zero attached hydrogens (tertiary/aromatic N) is 5. The van der Waals surface area contributed by atoms with Gasteiger partial charge in [-0.05, 0) is 39.0 Å². The largest absolute Gasteiger partial charge is 0.372 e. The number of carbonyl (C=O) groups excluding carboxylic acids is 1. The maximum absolute atomic E-state index is 12.1. The van der Waals surface area contributed by atoms with Crippen LogP contribution in [-0.2, 0) is 4.79 Å². The molecule has 26 heavy (non-hydrogen) atoms. The first-order valence-corrected chi connectivity index (χ1v) is 8.95. The van der Waals surface area contributed by atoms with E-state index in [0.29, 0.717) is 17.2 Å². The molecule has 0 aliphatic carbocycles. The highest BCUT2D eigenvalue weighted by Gasteiger charge is 2.31. The van der Waals surface area contributed by atoms with Gasteiger partial charge in [-0.2, -0.15) is 4.98 Å². The van der Waals surface area contributed by atoms with Crippen molar-refractivity contribution in [2.75, 3.05) is 23.3 Å². The smallest absolute Gasteiger partial charge is 0.287 e. The fourth-order valence-corrected chi connectivity index (χ4v) is 2.31. The van der Waals surface area contributed by atoms with E-state index in [4.69, 9.17) is 34.8 Å². The van der Waals surface area contributed by atoms with Gasteiger partial charge in [0.2, 0.25) is 0 Å². The van der Waals surface area contributed by atoms with E-state index in [-0.39, 0.29) is 5.95 Å². The van der Waals surface area contributed by atoms with Gasteiger partial charge in [0.1, 0.15) is 11.5 Å². The Labute approximate surface area is 165 Å². The van der Waals surface area contributed by atoms with Crippen LogP contribution in [0.3, 0.4) is 0 Å². The number of azo groups is 1. The normalized spacial score (nSPS) is 11.8. The van der Waals surface area contributed by atoms with Crippen molar-refractivity contribution < 1.29 is 4.79 Å². The van der Waals surface area contributed by atoms with Crippen molar-refractivity contribution >= 4 is 63.7 Å². The third-order valence-corrected chi connectivity index (χ3v) is 3.96. The van der Waals surface area contributed by atoms with Crippen LogP contribution in [0, 0.1) is 6.92 Å². The maximum Gasteiger partial charge on any atom is 0.287 e. The minimum absolute atomic E-state index is 0.175. The highest BCUT2D eigenvalue weighted by molar-refractivity contribution is 6.76. The van der Waals surface area contributed by atoms with Gasteiger partial charge in [0, 0.05) is 18.8 Å². The maximum atomic E-state index is 12.1. The molecular weight excluding hydrogens is 401 g/mol. The van der Waals surface area contributed by atoms with E-state index in [2.05, 4.69) is 35.6 Å². The molecule has 1 aromatic heterocycles. The number of rotatable bonds is 6. The van der Waals surface area contributed by atoms with Crippen LogP contribution >= 0.6 is 34.8 Å². The topological polar surface area (TPSA) is 98.6 Å². The number of aromatic amines is 1. The summed E-state index contributed by atoms with van der Waals surface area (Å²) in [7, 11) is 0. The lowest BCUT2D eigenvalue weighted by molar-refractivity contribution is -0.115. The highest BCUT2D eigenvalue weighted by Crippen LogP contribution is 2.34. The lowest BCUT2D eigenvalue weighted by Gasteiger charge is -2.22. The van der Waals surface area contributed by atoms with E-state index in [0.717, 1.165) is 18.8 Å². The zero-order valence-corrected chi connectivity index (χ0v) is 16.7. The molecule has 0 aliphatic rings. The van der Waals surface area contributed by atoms with Gasteiger partial charge in [-0.25, -0.2) is 0 Å². The van der Waals surface area contributed by atoms with Gasteiger partial charge in [0.05, 0.1) is 5.69 Å². The minimum Gasteiger partial charge on any atom is -0.372 e. The number of hydrogen-bond donors (Lipinski definition) is 2. The van der Waals surface area contributed by atoms with E-state index in [9.17, 15) is 4.79 Å². The molecule has 0 spiro atoms. The van der Waals surface area contributed by atoms with Crippen LogP contribution < -0.4 is 10.2 Å². The number of nitrogens with one attached hydrogen (secondary N) is 2. The van der Waals surface area contributed by atoms with Crippen LogP contribution in [0.15, 0.2) is 28.4 Å². The molecule has 1 amide bonds. The third-order valence-electron chi connectivity index (χ3n) is 3.45. The van der Waals surface area contributed by atoms with Gasteiger partial charge in [0.15, 0.2) is 0 Å². The molecule has 0 aliphatic heterocycles. The third kappa shape index (κ3) is 5.30. The average molecular weight is 419 g/mol. The van der Waals surface area contributed by atoms with Gasteiger partial charge >= 0.3 is 0 Å². The molecule has 0 bridgehead atoms. The molecule has 2 rings (SSSR count). The quantitative estimate of drug-likeness (QED) is 0.525. The van der Waals surface area contributed by atoms with Crippen LogP contribution in [0.2, 0.25) is 0 Å². The zero-order chi connectivity index (χ0) is 19.3. The Balaban J connectivity index is 2.38. The molecule has 0 saturated carbocycles. The summed E-state index contributed by atoms with van der Waals surface area (Å²) < 4.78 is -2.10. The zero-order valence-electron chi connectivity index (χ0n) is 14.4. The van der Waals surface area contributed by atoms with Gasteiger partial charge in [0.25, 0.3) is 15.6 Å². The van der Waals surface area contributed by atoms with Gasteiger partial charge in [-0.15, -0.1) is 15.3 Å². The Bertz CT molecular complexity index is 797. The number of aromatic nitrogens is 3.